The van der Waals surface area contributed by atoms with Gasteiger partial charge in [0.05, 0.1) is 0 Å². The van der Waals surface area contributed by atoms with Gasteiger partial charge in [-0.1, -0.05) is 39.1 Å². The van der Waals surface area contributed by atoms with E-state index in [9.17, 15) is 9.59 Å². The molecule has 0 bridgehead atoms. The summed E-state index contributed by atoms with van der Waals surface area (Å²) in [6.45, 7) is 9.06. The Balaban J connectivity index is 1.21. The van der Waals surface area contributed by atoms with Crippen molar-refractivity contribution >= 4 is 24.2 Å². The molecule has 4 saturated carbocycles. The van der Waals surface area contributed by atoms with E-state index in [1.165, 1.54) is 49.7 Å². The molecule has 0 amide bonds. The lowest BCUT2D eigenvalue weighted by Crippen LogP contribution is -2.54. The van der Waals surface area contributed by atoms with Crippen molar-refractivity contribution in [2.45, 2.75) is 104 Å². The molecule has 0 aromatic carbocycles. The van der Waals surface area contributed by atoms with E-state index in [0.717, 1.165) is 37.0 Å². The smallest absolute Gasteiger partial charge is 0.332 e. The van der Waals surface area contributed by atoms with E-state index in [0.29, 0.717) is 39.6 Å². The van der Waals surface area contributed by atoms with Gasteiger partial charge in [0.25, 0.3) is 0 Å². The Hall–Kier alpha value is -1.69. The summed E-state index contributed by atoms with van der Waals surface area (Å²) in [6, 6.07) is 5.43. The van der Waals surface area contributed by atoms with Crippen LogP contribution in [0.2, 0.25) is 0 Å². The first-order valence-corrected chi connectivity index (χ1v) is 15.1. The van der Waals surface area contributed by atoms with Gasteiger partial charge in [-0.2, -0.15) is 4.73 Å². The van der Waals surface area contributed by atoms with E-state index in [-0.39, 0.29) is 18.0 Å². The standard InChI is InChI=1S/C31H45NO4S/c1-20(8-13-29(34)36-32-18-6-5-7-28(32)37)25-11-12-26-24-10-9-22-19-23(35-21(2)33)14-16-30(22,3)27(24)15-17-31(25,26)4/h5-7,18,20,22-27H,8-17,19H2,1-4H3/t20-,22-,23-,24+,25-,26+,27+,30+,31-/m1/s1. The van der Waals surface area contributed by atoms with Crippen LogP contribution in [0.5, 0.6) is 0 Å². The molecule has 9 atom stereocenters. The zero-order valence-corrected chi connectivity index (χ0v) is 23.9. The van der Waals surface area contributed by atoms with Gasteiger partial charge in [0.2, 0.25) is 0 Å². The quantitative estimate of drug-likeness (QED) is 0.290. The van der Waals surface area contributed by atoms with E-state index in [2.05, 4.69) is 20.8 Å². The Morgan fingerprint density at radius 1 is 1.05 bits per heavy atom. The summed E-state index contributed by atoms with van der Waals surface area (Å²) >= 11 is 5.25. The number of hydrogen-bond donors (Lipinski definition) is 0. The molecule has 37 heavy (non-hydrogen) atoms. The third kappa shape index (κ3) is 5.04. The third-order valence-corrected chi connectivity index (χ3v) is 11.8. The maximum atomic E-state index is 12.6. The monoisotopic (exact) mass is 527 g/mol. The van der Waals surface area contributed by atoms with E-state index >= 15 is 0 Å². The fraction of sp³-hybridized carbons (Fsp3) is 0.774. The van der Waals surface area contributed by atoms with Crippen molar-refractivity contribution in [1.82, 2.24) is 4.73 Å². The first kappa shape index (κ1) is 26.9. The van der Waals surface area contributed by atoms with Crippen molar-refractivity contribution in [3.8, 4) is 0 Å². The van der Waals surface area contributed by atoms with Crippen LogP contribution in [0.3, 0.4) is 0 Å². The summed E-state index contributed by atoms with van der Waals surface area (Å²) in [5, 5.41) is 0. The lowest BCUT2D eigenvalue weighted by Gasteiger charge is -2.61. The molecule has 0 unspecified atom stereocenters. The molecule has 0 aliphatic heterocycles. The van der Waals surface area contributed by atoms with Crippen LogP contribution < -0.4 is 4.84 Å². The summed E-state index contributed by atoms with van der Waals surface area (Å²) in [5.41, 5.74) is 0.775. The molecule has 4 aliphatic rings. The van der Waals surface area contributed by atoms with Gasteiger partial charge >= 0.3 is 11.9 Å². The molecule has 5 nitrogen and oxygen atoms in total. The number of carbonyl (C=O) groups excluding carboxylic acids is 2. The molecule has 0 spiro atoms. The number of esters is 1. The Morgan fingerprint density at radius 3 is 2.57 bits per heavy atom. The Morgan fingerprint density at radius 2 is 1.81 bits per heavy atom. The largest absolute Gasteiger partial charge is 0.463 e. The second-order valence-electron chi connectivity index (χ2n) is 13.2. The molecule has 1 aromatic heterocycles. The predicted molar refractivity (Wildman–Crippen MR) is 146 cm³/mol. The van der Waals surface area contributed by atoms with Gasteiger partial charge < -0.3 is 9.57 Å². The first-order chi connectivity index (χ1) is 17.6. The van der Waals surface area contributed by atoms with Crippen molar-refractivity contribution in [2.24, 2.45) is 46.3 Å². The first-order valence-electron chi connectivity index (χ1n) is 14.7. The highest BCUT2D eigenvalue weighted by Crippen LogP contribution is 2.68. The molecular weight excluding hydrogens is 482 g/mol. The minimum atomic E-state index is -0.201. The molecule has 5 rings (SSSR count). The third-order valence-electron chi connectivity index (χ3n) is 11.5. The van der Waals surface area contributed by atoms with Crippen LogP contribution in [0.25, 0.3) is 0 Å². The predicted octanol–water partition coefficient (Wildman–Crippen LogP) is 7.18. The van der Waals surface area contributed by atoms with Gasteiger partial charge in [0.1, 0.15) is 10.7 Å². The highest BCUT2D eigenvalue weighted by Gasteiger charge is 2.60. The van der Waals surface area contributed by atoms with E-state index in [1.807, 2.05) is 12.1 Å². The molecular formula is C31H45NO4S. The van der Waals surface area contributed by atoms with Gasteiger partial charge in [-0.05, 0) is 123 Å². The van der Waals surface area contributed by atoms with Crippen molar-refractivity contribution in [3.05, 3.63) is 29.0 Å². The molecule has 0 radical (unpaired) electrons. The van der Waals surface area contributed by atoms with Gasteiger partial charge in [-0.25, -0.2) is 4.79 Å². The lowest BCUT2D eigenvalue weighted by atomic mass is 9.44. The number of hydrogen-bond acceptors (Lipinski definition) is 5. The molecule has 204 valence electrons. The topological polar surface area (TPSA) is 57.5 Å². The van der Waals surface area contributed by atoms with Crippen LogP contribution in [0, 0.1) is 51.0 Å². The van der Waals surface area contributed by atoms with E-state index in [4.69, 9.17) is 21.8 Å². The Bertz CT molecular complexity index is 1070. The number of rotatable bonds is 6. The van der Waals surface area contributed by atoms with E-state index in [1.54, 1.807) is 19.2 Å². The average Bonchev–Trinajstić information content (AvgIpc) is 3.21. The minimum absolute atomic E-state index is 0.126. The molecule has 6 heteroatoms. The van der Waals surface area contributed by atoms with Crippen molar-refractivity contribution in [2.75, 3.05) is 0 Å². The van der Waals surface area contributed by atoms with Gasteiger partial charge in [-0.3, -0.25) is 4.79 Å². The second-order valence-corrected chi connectivity index (χ2v) is 13.7. The molecule has 0 N–H and O–H groups in total. The van der Waals surface area contributed by atoms with Crippen molar-refractivity contribution in [1.29, 1.82) is 0 Å². The summed E-state index contributed by atoms with van der Waals surface area (Å²) in [5.74, 6) is 3.99. The number of nitrogens with zero attached hydrogens (tertiary/aromatic N) is 1. The lowest BCUT2D eigenvalue weighted by molar-refractivity contribution is -0.160. The number of ether oxygens (including phenoxy) is 1. The van der Waals surface area contributed by atoms with Gasteiger partial charge in [-0.15, -0.1) is 0 Å². The van der Waals surface area contributed by atoms with Crippen LogP contribution in [0.1, 0.15) is 98.3 Å². The van der Waals surface area contributed by atoms with E-state index < -0.39 is 0 Å². The Kier molecular flexibility index (Phi) is 7.61. The summed E-state index contributed by atoms with van der Waals surface area (Å²) < 4.78 is 7.55. The van der Waals surface area contributed by atoms with Crippen molar-refractivity contribution in [3.63, 3.8) is 0 Å². The zero-order valence-electron chi connectivity index (χ0n) is 23.1. The fourth-order valence-corrected chi connectivity index (χ4v) is 9.90. The number of pyridine rings is 1. The second kappa shape index (κ2) is 10.5. The van der Waals surface area contributed by atoms with Crippen molar-refractivity contribution < 1.29 is 19.2 Å². The molecule has 1 heterocycles. The fourth-order valence-electron chi connectivity index (χ4n) is 9.73. The van der Waals surface area contributed by atoms with Crippen LogP contribution in [0.15, 0.2) is 24.4 Å². The average molecular weight is 528 g/mol. The van der Waals surface area contributed by atoms with Gasteiger partial charge in [0.15, 0.2) is 0 Å². The van der Waals surface area contributed by atoms with Gasteiger partial charge in [0, 0.05) is 19.5 Å². The number of fused-ring (bicyclic) bond motifs is 5. The minimum Gasteiger partial charge on any atom is -0.463 e. The Labute approximate surface area is 227 Å². The summed E-state index contributed by atoms with van der Waals surface area (Å²) in [4.78, 5) is 29.6. The molecule has 1 aromatic rings. The summed E-state index contributed by atoms with van der Waals surface area (Å²) in [7, 11) is 0. The molecule has 4 aliphatic carbocycles. The molecule has 4 fully saturated rings. The maximum Gasteiger partial charge on any atom is 0.332 e. The number of aromatic nitrogens is 1. The highest BCUT2D eigenvalue weighted by molar-refractivity contribution is 7.71. The van der Waals surface area contributed by atoms with Crippen LogP contribution >= 0.6 is 12.2 Å². The molecule has 0 saturated heterocycles. The summed E-state index contributed by atoms with van der Waals surface area (Å²) in [6.07, 6.45) is 14.3. The zero-order chi connectivity index (χ0) is 26.4. The number of carbonyl (C=O) groups is 2. The van der Waals surface area contributed by atoms with Crippen LogP contribution in [-0.4, -0.2) is 22.8 Å². The normalized spacial score (nSPS) is 39.6. The maximum absolute atomic E-state index is 12.6. The highest BCUT2D eigenvalue weighted by atomic mass is 32.1. The van der Waals surface area contributed by atoms with Crippen LogP contribution in [-0.2, 0) is 14.3 Å². The van der Waals surface area contributed by atoms with Crippen LogP contribution in [0.4, 0.5) is 0 Å². The SMILES string of the molecule is CC(=O)O[C@@H]1CC[C@@]2(C)[C@H](CC[C@@H]3[C@@H]2CC[C@]2(C)[C@@H]([C@H](C)CCC(=O)On4ccccc4=S)CC[C@@H]32)C1.